The van der Waals surface area contributed by atoms with E-state index in [2.05, 4.69) is 0 Å². The van der Waals surface area contributed by atoms with Gasteiger partial charge in [-0.05, 0) is 25.6 Å². The van der Waals surface area contributed by atoms with Gasteiger partial charge in [0.05, 0.1) is 5.56 Å². The van der Waals surface area contributed by atoms with E-state index in [1.807, 2.05) is 11.9 Å². The van der Waals surface area contributed by atoms with Crippen molar-refractivity contribution >= 4 is 5.69 Å². The molecule has 6 heteroatoms. The maximum Gasteiger partial charge on any atom is 0.419 e. The normalized spacial score (nSPS) is 21.2. The first-order valence-electron chi connectivity index (χ1n) is 5.68. The standard InChI is InChI=1S/C12H15F3N2O/c1-17-5-4-9(7-17)18-11-6-8(16)2-3-10(11)12(13,14)15/h2-3,6,9H,4-5,7,16H2,1H3. The molecule has 3 nitrogen and oxygen atoms in total. The minimum Gasteiger partial charge on any atom is -0.488 e. The number of rotatable bonds is 2. The first-order valence-corrected chi connectivity index (χ1v) is 5.68. The summed E-state index contributed by atoms with van der Waals surface area (Å²) in [5, 5.41) is 0. The van der Waals surface area contributed by atoms with E-state index in [-0.39, 0.29) is 17.5 Å². The quantitative estimate of drug-likeness (QED) is 0.830. The Morgan fingerprint density at radius 3 is 2.67 bits per heavy atom. The largest absolute Gasteiger partial charge is 0.488 e. The summed E-state index contributed by atoms with van der Waals surface area (Å²) in [5.41, 5.74) is 5.01. The third-order valence-corrected chi connectivity index (χ3v) is 2.95. The van der Waals surface area contributed by atoms with Crippen molar-refractivity contribution in [3.63, 3.8) is 0 Å². The fraction of sp³-hybridized carbons (Fsp3) is 0.500. The number of anilines is 1. The van der Waals surface area contributed by atoms with Gasteiger partial charge in [-0.15, -0.1) is 0 Å². The molecule has 1 unspecified atom stereocenters. The maximum absolute atomic E-state index is 12.8. The van der Waals surface area contributed by atoms with Crippen molar-refractivity contribution in [2.24, 2.45) is 0 Å². The fourth-order valence-electron chi connectivity index (χ4n) is 2.04. The minimum absolute atomic E-state index is 0.178. The van der Waals surface area contributed by atoms with Crippen LogP contribution in [0.25, 0.3) is 0 Å². The summed E-state index contributed by atoms with van der Waals surface area (Å²) in [6.45, 7) is 1.46. The van der Waals surface area contributed by atoms with Gasteiger partial charge in [-0.25, -0.2) is 0 Å². The number of nitrogens with zero attached hydrogens (tertiary/aromatic N) is 1. The zero-order valence-electron chi connectivity index (χ0n) is 10.00. The van der Waals surface area contributed by atoms with Gasteiger partial charge in [0.2, 0.25) is 0 Å². The van der Waals surface area contributed by atoms with Gasteiger partial charge in [-0.2, -0.15) is 13.2 Å². The van der Waals surface area contributed by atoms with Crippen LogP contribution in [0.4, 0.5) is 18.9 Å². The van der Waals surface area contributed by atoms with E-state index in [1.54, 1.807) is 0 Å². The first kappa shape index (κ1) is 13.0. The van der Waals surface area contributed by atoms with Crippen LogP contribution in [0.5, 0.6) is 5.75 Å². The smallest absolute Gasteiger partial charge is 0.419 e. The Balaban J connectivity index is 2.23. The maximum atomic E-state index is 12.8. The lowest BCUT2D eigenvalue weighted by molar-refractivity contribution is -0.139. The molecule has 0 radical (unpaired) electrons. The summed E-state index contributed by atoms with van der Waals surface area (Å²) in [5.74, 6) is -0.178. The van der Waals surface area contributed by atoms with E-state index in [9.17, 15) is 13.2 Å². The number of likely N-dealkylation sites (N-methyl/N-ethyl adjacent to an activating group) is 1. The van der Waals surface area contributed by atoms with Crippen LogP contribution in [0.15, 0.2) is 18.2 Å². The molecule has 0 aliphatic carbocycles. The SMILES string of the molecule is CN1CCC(Oc2cc(N)ccc2C(F)(F)F)C1. The average molecular weight is 260 g/mol. The van der Waals surface area contributed by atoms with E-state index < -0.39 is 11.7 Å². The molecule has 100 valence electrons. The molecule has 1 aliphatic heterocycles. The average Bonchev–Trinajstić information content (AvgIpc) is 2.62. The summed E-state index contributed by atoms with van der Waals surface area (Å²) in [4.78, 5) is 2.02. The molecule has 0 spiro atoms. The molecule has 0 bridgehead atoms. The van der Waals surface area contributed by atoms with Gasteiger partial charge < -0.3 is 15.4 Å². The van der Waals surface area contributed by atoms with Gasteiger partial charge in [0.1, 0.15) is 11.9 Å². The summed E-state index contributed by atoms with van der Waals surface area (Å²) in [6, 6.07) is 3.43. The van der Waals surface area contributed by atoms with E-state index in [0.717, 1.165) is 19.0 Å². The number of nitrogen functional groups attached to an aromatic ring is 1. The third kappa shape index (κ3) is 2.87. The molecule has 0 saturated carbocycles. The Labute approximate surface area is 103 Å². The highest BCUT2D eigenvalue weighted by Gasteiger charge is 2.35. The lowest BCUT2D eigenvalue weighted by Crippen LogP contribution is -2.22. The van der Waals surface area contributed by atoms with E-state index in [0.29, 0.717) is 6.54 Å². The van der Waals surface area contributed by atoms with Crippen molar-refractivity contribution in [3.05, 3.63) is 23.8 Å². The molecule has 0 aromatic heterocycles. The lowest BCUT2D eigenvalue weighted by Gasteiger charge is -2.18. The molecule has 18 heavy (non-hydrogen) atoms. The second kappa shape index (κ2) is 4.68. The fourth-order valence-corrected chi connectivity index (χ4v) is 2.04. The lowest BCUT2D eigenvalue weighted by atomic mass is 10.1. The second-order valence-corrected chi connectivity index (χ2v) is 4.54. The van der Waals surface area contributed by atoms with Crippen LogP contribution in [-0.4, -0.2) is 31.1 Å². The van der Waals surface area contributed by atoms with E-state index in [4.69, 9.17) is 10.5 Å². The van der Waals surface area contributed by atoms with Crippen molar-refractivity contribution in [2.45, 2.75) is 18.7 Å². The van der Waals surface area contributed by atoms with Crippen LogP contribution in [0.1, 0.15) is 12.0 Å². The highest BCUT2D eigenvalue weighted by Crippen LogP contribution is 2.38. The van der Waals surface area contributed by atoms with Crippen LogP contribution in [-0.2, 0) is 6.18 Å². The molecule has 1 fully saturated rings. The number of alkyl halides is 3. The molecule has 1 aromatic rings. The van der Waals surface area contributed by atoms with Crippen molar-refractivity contribution in [3.8, 4) is 5.75 Å². The van der Waals surface area contributed by atoms with E-state index in [1.165, 1.54) is 12.1 Å². The highest BCUT2D eigenvalue weighted by atomic mass is 19.4. The number of likely N-dealkylation sites (tertiary alicyclic amines) is 1. The van der Waals surface area contributed by atoms with Gasteiger partial charge in [-0.1, -0.05) is 0 Å². The zero-order valence-corrected chi connectivity index (χ0v) is 10.00. The molecular weight excluding hydrogens is 245 g/mol. The van der Waals surface area contributed by atoms with Crippen molar-refractivity contribution in [1.82, 2.24) is 4.90 Å². The van der Waals surface area contributed by atoms with Crippen LogP contribution >= 0.6 is 0 Å². The number of ether oxygens (including phenoxy) is 1. The van der Waals surface area contributed by atoms with Gasteiger partial charge in [-0.3, -0.25) is 0 Å². The predicted molar refractivity (Wildman–Crippen MR) is 62.4 cm³/mol. The molecular formula is C12H15F3N2O. The van der Waals surface area contributed by atoms with Crippen molar-refractivity contribution < 1.29 is 17.9 Å². The van der Waals surface area contributed by atoms with Crippen molar-refractivity contribution in [1.29, 1.82) is 0 Å². The van der Waals surface area contributed by atoms with Crippen LogP contribution < -0.4 is 10.5 Å². The predicted octanol–water partition coefficient (Wildman–Crippen LogP) is 2.37. The number of hydrogen-bond donors (Lipinski definition) is 1. The Kier molecular flexibility index (Phi) is 3.38. The molecule has 0 amide bonds. The summed E-state index contributed by atoms with van der Waals surface area (Å²) < 4.78 is 43.8. The summed E-state index contributed by atoms with van der Waals surface area (Å²) >= 11 is 0. The Bertz CT molecular complexity index is 434. The zero-order chi connectivity index (χ0) is 13.3. The molecule has 1 aliphatic rings. The first-order chi connectivity index (χ1) is 8.36. The van der Waals surface area contributed by atoms with Crippen LogP contribution in [0, 0.1) is 0 Å². The van der Waals surface area contributed by atoms with Gasteiger partial charge >= 0.3 is 6.18 Å². The van der Waals surface area contributed by atoms with Gasteiger partial charge in [0, 0.05) is 24.8 Å². The molecule has 1 atom stereocenters. The number of hydrogen-bond acceptors (Lipinski definition) is 3. The van der Waals surface area contributed by atoms with E-state index >= 15 is 0 Å². The van der Waals surface area contributed by atoms with Crippen molar-refractivity contribution in [2.75, 3.05) is 25.9 Å². The Morgan fingerprint density at radius 2 is 2.11 bits per heavy atom. The Morgan fingerprint density at radius 1 is 1.39 bits per heavy atom. The molecule has 1 saturated heterocycles. The monoisotopic (exact) mass is 260 g/mol. The van der Waals surface area contributed by atoms with Gasteiger partial charge in [0.25, 0.3) is 0 Å². The minimum atomic E-state index is -4.42. The number of nitrogens with two attached hydrogens (primary N) is 1. The molecule has 2 N–H and O–H groups in total. The van der Waals surface area contributed by atoms with Crippen LogP contribution in [0.3, 0.4) is 0 Å². The molecule has 1 aromatic carbocycles. The summed E-state index contributed by atoms with van der Waals surface area (Å²) in [6.07, 6.45) is -3.91. The molecule has 1 heterocycles. The van der Waals surface area contributed by atoms with Crippen LogP contribution in [0.2, 0.25) is 0 Å². The molecule has 2 rings (SSSR count). The highest BCUT2D eigenvalue weighted by molar-refractivity contribution is 5.49. The Hall–Kier alpha value is -1.43. The third-order valence-electron chi connectivity index (χ3n) is 2.95. The number of halogens is 3. The number of benzene rings is 1. The summed E-state index contributed by atoms with van der Waals surface area (Å²) in [7, 11) is 1.91. The van der Waals surface area contributed by atoms with Gasteiger partial charge in [0.15, 0.2) is 0 Å². The second-order valence-electron chi connectivity index (χ2n) is 4.54. The topological polar surface area (TPSA) is 38.5 Å².